The Balaban J connectivity index is 1.82. The van der Waals surface area contributed by atoms with Crippen molar-refractivity contribution in [1.29, 1.82) is 0 Å². The van der Waals surface area contributed by atoms with Crippen LogP contribution in [0.2, 0.25) is 0 Å². The minimum absolute atomic E-state index is 0.352. The number of rotatable bonds is 7. The number of guanidine groups is 1. The number of nitrogens with one attached hydrogen (secondary N) is 2. The number of thioether (sulfide) groups is 1. The van der Waals surface area contributed by atoms with Gasteiger partial charge in [-0.05, 0) is 19.3 Å². The zero-order chi connectivity index (χ0) is 15.7. The summed E-state index contributed by atoms with van der Waals surface area (Å²) in [5, 5.41) is 6.96. The second-order valence-corrected chi connectivity index (χ2v) is 7.45. The number of methoxy groups -OCH3 is 1. The first-order chi connectivity index (χ1) is 10.8. The summed E-state index contributed by atoms with van der Waals surface area (Å²) in [6.07, 6.45) is 6.39. The average molecular weight is 329 g/mol. The first-order valence-electron chi connectivity index (χ1n) is 8.57. The summed E-state index contributed by atoms with van der Waals surface area (Å²) in [6.45, 7) is 5.19. The average Bonchev–Trinajstić information content (AvgIpc) is 3.05. The van der Waals surface area contributed by atoms with Crippen LogP contribution in [0.4, 0.5) is 0 Å². The summed E-state index contributed by atoms with van der Waals surface area (Å²) < 4.78 is 5.08. The molecule has 0 radical (unpaired) electrons. The highest BCUT2D eigenvalue weighted by molar-refractivity contribution is 7.99. The van der Waals surface area contributed by atoms with Gasteiger partial charge in [-0.15, -0.1) is 0 Å². The number of hydrogen-bond donors (Lipinski definition) is 2. The molecule has 2 aliphatic rings. The van der Waals surface area contributed by atoms with E-state index in [1.165, 1.54) is 50.3 Å². The van der Waals surface area contributed by atoms with Gasteiger partial charge in [-0.3, -0.25) is 9.89 Å². The first-order valence-corrected chi connectivity index (χ1v) is 9.72. The molecule has 0 amide bonds. The molecule has 0 atom stereocenters. The number of ether oxygens (including phenoxy) is 1. The number of aliphatic imine (C=N–C) groups is 1. The van der Waals surface area contributed by atoms with Gasteiger partial charge >= 0.3 is 0 Å². The molecule has 1 saturated heterocycles. The largest absolute Gasteiger partial charge is 0.385 e. The Morgan fingerprint density at radius 3 is 2.59 bits per heavy atom. The minimum atomic E-state index is 0.352. The topological polar surface area (TPSA) is 48.9 Å². The van der Waals surface area contributed by atoms with E-state index in [4.69, 9.17) is 4.74 Å². The van der Waals surface area contributed by atoms with Gasteiger partial charge in [0.1, 0.15) is 0 Å². The van der Waals surface area contributed by atoms with Crippen LogP contribution in [-0.2, 0) is 4.74 Å². The van der Waals surface area contributed by atoms with Crippen LogP contribution in [0.1, 0.15) is 32.1 Å². The Morgan fingerprint density at radius 2 is 1.95 bits per heavy atom. The maximum absolute atomic E-state index is 5.08. The van der Waals surface area contributed by atoms with Crippen molar-refractivity contribution in [3.8, 4) is 0 Å². The van der Waals surface area contributed by atoms with Crippen molar-refractivity contribution in [2.24, 2.45) is 4.99 Å². The van der Waals surface area contributed by atoms with E-state index in [1.54, 1.807) is 7.11 Å². The normalized spacial score (nSPS) is 22.7. The molecule has 1 aliphatic heterocycles. The Morgan fingerprint density at radius 1 is 1.23 bits per heavy atom. The van der Waals surface area contributed by atoms with E-state index in [9.17, 15) is 0 Å². The maximum Gasteiger partial charge on any atom is 0.191 e. The molecule has 0 unspecified atom stereocenters. The zero-order valence-corrected chi connectivity index (χ0v) is 15.0. The van der Waals surface area contributed by atoms with E-state index < -0.39 is 0 Å². The third kappa shape index (κ3) is 5.03. The molecular formula is C16H32N4OS. The Kier molecular flexibility index (Phi) is 7.83. The van der Waals surface area contributed by atoms with E-state index in [1.807, 2.05) is 7.05 Å². The molecule has 128 valence electrons. The second kappa shape index (κ2) is 9.63. The van der Waals surface area contributed by atoms with Crippen molar-refractivity contribution in [1.82, 2.24) is 15.5 Å². The number of hydrogen-bond acceptors (Lipinski definition) is 4. The predicted molar refractivity (Wildman–Crippen MR) is 96.0 cm³/mol. The van der Waals surface area contributed by atoms with E-state index in [-0.39, 0.29) is 0 Å². The predicted octanol–water partition coefficient (Wildman–Crippen LogP) is 1.55. The molecular weight excluding hydrogens is 296 g/mol. The lowest BCUT2D eigenvalue weighted by molar-refractivity contribution is 0.107. The molecule has 2 N–H and O–H groups in total. The molecule has 0 aromatic heterocycles. The van der Waals surface area contributed by atoms with Crippen LogP contribution in [0, 0.1) is 0 Å². The van der Waals surface area contributed by atoms with Gasteiger partial charge in [0.05, 0.1) is 0 Å². The molecule has 0 bridgehead atoms. The van der Waals surface area contributed by atoms with Crippen LogP contribution in [0.3, 0.4) is 0 Å². The fraction of sp³-hybridized carbons (Fsp3) is 0.938. The van der Waals surface area contributed by atoms with E-state index in [0.29, 0.717) is 5.54 Å². The van der Waals surface area contributed by atoms with E-state index >= 15 is 0 Å². The second-order valence-electron chi connectivity index (χ2n) is 6.23. The van der Waals surface area contributed by atoms with Crippen LogP contribution in [0.25, 0.3) is 0 Å². The Hall–Kier alpha value is -0.460. The molecule has 2 fully saturated rings. The molecule has 6 heteroatoms. The van der Waals surface area contributed by atoms with Crippen LogP contribution >= 0.6 is 11.8 Å². The van der Waals surface area contributed by atoms with Crippen molar-refractivity contribution in [2.45, 2.75) is 37.6 Å². The SMILES string of the molecule is CN=C(NCCCOC)NCC1(N2CCSCC2)CCCC1. The molecule has 1 heterocycles. The van der Waals surface area contributed by atoms with Gasteiger partial charge in [0.15, 0.2) is 5.96 Å². The lowest BCUT2D eigenvalue weighted by atomic mass is 9.94. The highest BCUT2D eigenvalue weighted by Gasteiger charge is 2.39. The lowest BCUT2D eigenvalue weighted by Gasteiger charge is -2.43. The van der Waals surface area contributed by atoms with Crippen LogP contribution < -0.4 is 10.6 Å². The smallest absolute Gasteiger partial charge is 0.191 e. The van der Waals surface area contributed by atoms with Crippen molar-refractivity contribution in [3.05, 3.63) is 0 Å². The standard InChI is InChI=1S/C16H32N4OS/c1-17-15(18-8-5-11-21-2)19-14-16(6-3-4-7-16)20-9-12-22-13-10-20/h3-14H2,1-2H3,(H2,17,18,19). The van der Waals surface area contributed by atoms with Gasteiger partial charge < -0.3 is 15.4 Å². The summed E-state index contributed by atoms with van der Waals surface area (Å²) in [6, 6.07) is 0. The fourth-order valence-electron chi connectivity index (χ4n) is 3.57. The minimum Gasteiger partial charge on any atom is -0.385 e. The van der Waals surface area contributed by atoms with Gasteiger partial charge in [-0.25, -0.2) is 0 Å². The van der Waals surface area contributed by atoms with Gasteiger partial charge in [0, 0.05) is 64.0 Å². The van der Waals surface area contributed by atoms with Gasteiger partial charge in [0.2, 0.25) is 0 Å². The first kappa shape index (κ1) is 17.9. The molecule has 22 heavy (non-hydrogen) atoms. The lowest BCUT2D eigenvalue weighted by Crippen LogP contribution is -2.57. The van der Waals surface area contributed by atoms with Crippen molar-refractivity contribution in [3.63, 3.8) is 0 Å². The monoisotopic (exact) mass is 328 g/mol. The molecule has 0 aromatic rings. The third-order valence-electron chi connectivity index (χ3n) is 4.84. The summed E-state index contributed by atoms with van der Waals surface area (Å²) in [7, 11) is 3.60. The van der Waals surface area contributed by atoms with Gasteiger partial charge in [-0.1, -0.05) is 12.8 Å². The zero-order valence-electron chi connectivity index (χ0n) is 14.2. The molecule has 5 nitrogen and oxygen atoms in total. The maximum atomic E-state index is 5.08. The summed E-state index contributed by atoms with van der Waals surface area (Å²) >= 11 is 2.09. The molecule has 0 aromatic carbocycles. The quantitative estimate of drug-likeness (QED) is 0.422. The molecule has 1 saturated carbocycles. The summed E-state index contributed by atoms with van der Waals surface area (Å²) in [5.74, 6) is 3.49. The third-order valence-corrected chi connectivity index (χ3v) is 5.78. The van der Waals surface area contributed by atoms with Crippen LogP contribution in [0.5, 0.6) is 0 Å². The van der Waals surface area contributed by atoms with Crippen molar-refractivity contribution in [2.75, 3.05) is 58.4 Å². The van der Waals surface area contributed by atoms with Crippen LogP contribution in [-0.4, -0.2) is 74.8 Å². The highest BCUT2D eigenvalue weighted by atomic mass is 32.2. The summed E-state index contributed by atoms with van der Waals surface area (Å²) in [5.41, 5.74) is 0.352. The number of nitrogens with zero attached hydrogens (tertiary/aromatic N) is 2. The van der Waals surface area contributed by atoms with Crippen molar-refractivity contribution < 1.29 is 4.74 Å². The highest BCUT2D eigenvalue weighted by Crippen LogP contribution is 2.36. The van der Waals surface area contributed by atoms with E-state index in [2.05, 4.69) is 32.3 Å². The molecule has 2 rings (SSSR count). The summed E-state index contributed by atoms with van der Waals surface area (Å²) in [4.78, 5) is 7.09. The van der Waals surface area contributed by atoms with Crippen molar-refractivity contribution >= 4 is 17.7 Å². The van der Waals surface area contributed by atoms with Gasteiger partial charge in [0.25, 0.3) is 0 Å². The van der Waals surface area contributed by atoms with Crippen LogP contribution in [0.15, 0.2) is 4.99 Å². The Labute approximate surface area is 139 Å². The molecule has 1 aliphatic carbocycles. The van der Waals surface area contributed by atoms with E-state index in [0.717, 1.165) is 32.1 Å². The molecule has 0 spiro atoms. The Bertz CT molecular complexity index is 339. The van der Waals surface area contributed by atoms with Gasteiger partial charge in [-0.2, -0.15) is 11.8 Å². The fourth-order valence-corrected chi connectivity index (χ4v) is 4.47.